The molecule has 0 aromatic heterocycles. The number of benzene rings is 1. The van der Waals surface area contributed by atoms with Crippen molar-refractivity contribution in [3.05, 3.63) is 69.8 Å². The van der Waals surface area contributed by atoms with Crippen LogP contribution in [0.15, 0.2) is 47.6 Å². The smallest absolute Gasteiger partial charge is 0.331 e. The monoisotopic (exact) mass is 344 g/mol. The Morgan fingerprint density at radius 2 is 1.76 bits per heavy atom. The first-order valence-corrected chi connectivity index (χ1v) is 7.97. The summed E-state index contributed by atoms with van der Waals surface area (Å²) in [7, 11) is 1.60. The first-order chi connectivity index (χ1) is 11.7. The molecule has 0 bridgehead atoms. The van der Waals surface area contributed by atoms with Gasteiger partial charge in [0, 0.05) is 11.1 Å². The lowest BCUT2D eigenvalue weighted by molar-refractivity contribution is -0.132. The van der Waals surface area contributed by atoms with E-state index < -0.39 is 5.97 Å². The van der Waals surface area contributed by atoms with Crippen molar-refractivity contribution in [1.82, 2.24) is 0 Å². The summed E-state index contributed by atoms with van der Waals surface area (Å²) in [6, 6.07) is 1.83. The third-order valence-electron chi connectivity index (χ3n) is 4.23. The second-order valence-corrected chi connectivity index (χ2v) is 5.89. The van der Waals surface area contributed by atoms with E-state index in [1.165, 1.54) is 6.08 Å². The lowest BCUT2D eigenvalue weighted by Gasteiger charge is -2.14. The standard InChI is InChI=1S/C21H25FO3/c1-13(15(3)21(23)24)10-8-7-9-11-18(22)20-14(2)12-19(25-6)16(4)17(20)5/h7-12H,1-6H3,(H,23,24). The fourth-order valence-corrected chi connectivity index (χ4v) is 2.41. The van der Waals surface area contributed by atoms with Crippen molar-refractivity contribution in [3.63, 3.8) is 0 Å². The van der Waals surface area contributed by atoms with Gasteiger partial charge in [0.2, 0.25) is 0 Å². The van der Waals surface area contributed by atoms with Crippen molar-refractivity contribution >= 4 is 11.8 Å². The predicted octanol–water partition coefficient (Wildman–Crippen LogP) is 5.46. The molecule has 0 saturated heterocycles. The zero-order valence-electron chi connectivity index (χ0n) is 15.6. The molecule has 1 rings (SSSR count). The topological polar surface area (TPSA) is 46.5 Å². The Balaban J connectivity index is 3.02. The third-order valence-corrected chi connectivity index (χ3v) is 4.23. The number of rotatable bonds is 6. The van der Waals surface area contributed by atoms with E-state index in [9.17, 15) is 9.18 Å². The highest BCUT2D eigenvalue weighted by Crippen LogP contribution is 2.32. The van der Waals surface area contributed by atoms with Crippen LogP contribution >= 0.6 is 0 Å². The molecule has 0 amide bonds. The number of allylic oxidation sites excluding steroid dienone is 6. The second kappa shape index (κ2) is 9.02. The van der Waals surface area contributed by atoms with E-state index >= 15 is 0 Å². The van der Waals surface area contributed by atoms with Crippen LogP contribution in [0.1, 0.15) is 36.1 Å². The molecule has 0 unspecified atom stereocenters. The normalized spacial score (nSPS) is 13.5. The molecule has 0 aliphatic heterocycles. The van der Waals surface area contributed by atoms with Crippen LogP contribution in [0.4, 0.5) is 4.39 Å². The van der Waals surface area contributed by atoms with Gasteiger partial charge >= 0.3 is 5.97 Å². The van der Waals surface area contributed by atoms with E-state index in [2.05, 4.69) is 0 Å². The number of hydrogen-bond acceptors (Lipinski definition) is 2. The number of aliphatic carboxylic acids is 1. The van der Waals surface area contributed by atoms with Gasteiger partial charge in [-0.3, -0.25) is 0 Å². The van der Waals surface area contributed by atoms with Gasteiger partial charge in [0.15, 0.2) is 0 Å². The van der Waals surface area contributed by atoms with E-state index in [4.69, 9.17) is 9.84 Å². The number of carbonyl (C=O) groups is 1. The molecule has 0 saturated carbocycles. The van der Waals surface area contributed by atoms with Crippen LogP contribution in [0.2, 0.25) is 0 Å². The molecule has 1 aromatic rings. The minimum absolute atomic E-state index is 0.284. The van der Waals surface area contributed by atoms with Crippen molar-refractivity contribution in [2.75, 3.05) is 7.11 Å². The summed E-state index contributed by atoms with van der Waals surface area (Å²) in [6.07, 6.45) is 8.02. The Morgan fingerprint density at radius 3 is 2.32 bits per heavy atom. The first-order valence-electron chi connectivity index (χ1n) is 7.97. The summed E-state index contributed by atoms with van der Waals surface area (Å²) in [4.78, 5) is 10.8. The Labute approximate surface area is 148 Å². The molecular formula is C21H25FO3. The molecule has 4 heteroatoms. The molecule has 134 valence electrons. The van der Waals surface area contributed by atoms with Gasteiger partial charge in [-0.1, -0.05) is 24.3 Å². The Hall–Kier alpha value is -2.62. The van der Waals surface area contributed by atoms with Crippen molar-refractivity contribution < 1.29 is 19.0 Å². The fraction of sp³-hybridized carbons (Fsp3) is 0.286. The summed E-state index contributed by atoms with van der Waals surface area (Å²) < 4.78 is 19.9. The Kier molecular flexibility index (Phi) is 7.37. The Morgan fingerprint density at radius 1 is 1.12 bits per heavy atom. The van der Waals surface area contributed by atoms with Gasteiger partial charge in [-0.25, -0.2) is 9.18 Å². The number of halogens is 1. The van der Waals surface area contributed by atoms with Gasteiger partial charge in [0.25, 0.3) is 0 Å². The maximum absolute atomic E-state index is 14.6. The average Bonchev–Trinajstić information content (AvgIpc) is 2.56. The minimum atomic E-state index is -0.946. The molecule has 0 aliphatic carbocycles. The largest absolute Gasteiger partial charge is 0.496 e. The summed E-state index contributed by atoms with van der Waals surface area (Å²) in [5.41, 5.74) is 4.09. The third kappa shape index (κ3) is 5.18. The SMILES string of the molecule is COc1cc(C)c(C(F)=CC=CC=CC(C)=C(C)C(=O)O)c(C)c1C. The summed E-state index contributed by atoms with van der Waals surface area (Å²) in [5.74, 6) is -0.515. The van der Waals surface area contributed by atoms with Gasteiger partial charge in [-0.05, 0) is 69.0 Å². The van der Waals surface area contributed by atoms with Crippen molar-refractivity contribution in [2.45, 2.75) is 34.6 Å². The van der Waals surface area contributed by atoms with E-state index in [1.807, 2.05) is 26.8 Å². The molecule has 0 atom stereocenters. The van der Waals surface area contributed by atoms with E-state index in [1.54, 1.807) is 45.3 Å². The van der Waals surface area contributed by atoms with Crippen molar-refractivity contribution in [3.8, 4) is 5.75 Å². The maximum Gasteiger partial charge on any atom is 0.331 e. The Bertz CT molecular complexity index is 781. The molecule has 0 spiro atoms. The highest BCUT2D eigenvalue weighted by atomic mass is 19.1. The fourth-order valence-electron chi connectivity index (χ4n) is 2.41. The maximum atomic E-state index is 14.6. The van der Waals surface area contributed by atoms with Crippen LogP contribution in [0.5, 0.6) is 5.75 Å². The van der Waals surface area contributed by atoms with Crippen LogP contribution in [-0.2, 0) is 4.79 Å². The highest BCUT2D eigenvalue weighted by molar-refractivity contribution is 5.87. The van der Waals surface area contributed by atoms with E-state index in [0.717, 1.165) is 22.4 Å². The minimum Gasteiger partial charge on any atom is -0.496 e. The predicted molar refractivity (Wildman–Crippen MR) is 101 cm³/mol. The highest BCUT2D eigenvalue weighted by Gasteiger charge is 2.13. The van der Waals surface area contributed by atoms with Crippen molar-refractivity contribution in [2.24, 2.45) is 0 Å². The van der Waals surface area contributed by atoms with Gasteiger partial charge in [-0.15, -0.1) is 0 Å². The molecule has 3 nitrogen and oxygen atoms in total. The second-order valence-electron chi connectivity index (χ2n) is 5.89. The molecule has 1 N–H and O–H groups in total. The summed E-state index contributed by atoms with van der Waals surface area (Å²) in [6.45, 7) is 8.90. The van der Waals surface area contributed by atoms with Crippen LogP contribution in [0.3, 0.4) is 0 Å². The van der Waals surface area contributed by atoms with Crippen molar-refractivity contribution in [1.29, 1.82) is 0 Å². The summed E-state index contributed by atoms with van der Waals surface area (Å²) in [5, 5.41) is 8.89. The van der Waals surface area contributed by atoms with E-state index in [0.29, 0.717) is 11.1 Å². The molecular weight excluding hydrogens is 319 g/mol. The zero-order chi connectivity index (χ0) is 19.1. The number of aryl methyl sites for hydroxylation is 1. The number of ether oxygens (including phenoxy) is 1. The molecule has 1 aromatic carbocycles. The van der Waals surface area contributed by atoms with Gasteiger partial charge in [0.05, 0.1) is 7.11 Å². The lowest BCUT2D eigenvalue weighted by Crippen LogP contribution is -1.97. The van der Waals surface area contributed by atoms with Gasteiger partial charge in [0.1, 0.15) is 11.6 Å². The van der Waals surface area contributed by atoms with Crippen LogP contribution in [0, 0.1) is 20.8 Å². The van der Waals surface area contributed by atoms with Crippen LogP contribution in [-0.4, -0.2) is 18.2 Å². The zero-order valence-corrected chi connectivity index (χ0v) is 15.6. The number of carboxylic acids is 1. The number of carboxylic acid groups (broad SMARTS) is 1. The number of methoxy groups -OCH3 is 1. The molecule has 0 aliphatic rings. The van der Waals surface area contributed by atoms with Gasteiger partial charge < -0.3 is 9.84 Å². The van der Waals surface area contributed by atoms with E-state index in [-0.39, 0.29) is 11.4 Å². The molecule has 0 heterocycles. The quantitative estimate of drug-likeness (QED) is 0.550. The summed E-state index contributed by atoms with van der Waals surface area (Å²) >= 11 is 0. The number of hydrogen-bond donors (Lipinski definition) is 1. The average molecular weight is 344 g/mol. The molecule has 25 heavy (non-hydrogen) atoms. The van der Waals surface area contributed by atoms with Crippen LogP contribution < -0.4 is 4.74 Å². The van der Waals surface area contributed by atoms with Crippen LogP contribution in [0.25, 0.3) is 5.83 Å². The molecule has 0 fully saturated rings. The molecule has 0 radical (unpaired) electrons. The first kappa shape index (κ1) is 20.4. The lowest BCUT2D eigenvalue weighted by atomic mass is 9.96. The van der Waals surface area contributed by atoms with Gasteiger partial charge in [-0.2, -0.15) is 0 Å².